The van der Waals surface area contributed by atoms with Crippen LogP contribution in [0.4, 0.5) is 4.79 Å². The average Bonchev–Trinajstić information content (AvgIpc) is 2.60. The van der Waals surface area contributed by atoms with Gasteiger partial charge in [0.25, 0.3) is 0 Å². The predicted molar refractivity (Wildman–Crippen MR) is 103 cm³/mol. The maximum atomic E-state index is 12.4. The Morgan fingerprint density at radius 3 is 2.81 bits per heavy atom. The van der Waals surface area contributed by atoms with Gasteiger partial charge in [0.05, 0.1) is 12.3 Å². The molecule has 0 aromatic carbocycles. The molecule has 0 spiro atoms. The summed E-state index contributed by atoms with van der Waals surface area (Å²) in [7, 11) is 0. The van der Waals surface area contributed by atoms with Crippen LogP contribution in [0, 0.1) is 0 Å². The third-order valence-electron chi connectivity index (χ3n) is 4.25. The minimum Gasteiger partial charge on any atom is -0.444 e. The predicted octanol–water partition coefficient (Wildman–Crippen LogP) is 4.28. The minimum absolute atomic E-state index is 0.188. The zero-order valence-corrected chi connectivity index (χ0v) is 17.2. The van der Waals surface area contributed by atoms with Gasteiger partial charge in [-0.1, -0.05) is 0 Å². The molecule has 2 heterocycles. The summed E-state index contributed by atoms with van der Waals surface area (Å²) < 4.78 is 11.3. The molecule has 6 nitrogen and oxygen atoms in total. The first-order chi connectivity index (χ1) is 12.4. The summed E-state index contributed by atoms with van der Waals surface area (Å²) in [6.45, 7) is 7.65. The fourth-order valence-corrected chi connectivity index (χ4v) is 3.59. The Morgan fingerprint density at radius 1 is 1.31 bits per heavy atom. The first-order valence-electron chi connectivity index (χ1n) is 9.32. The lowest BCUT2D eigenvalue weighted by molar-refractivity contribution is 0.00721. The van der Waals surface area contributed by atoms with Crippen molar-refractivity contribution in [3.8, 4) is 0 Å². The second-order valence-corrected chi connectivity index (χ2v) is 8.33. The molecule has 1 aliphatic heterocycles. The summed E-state index contributed by atoms with van der Waals surface area (Å²) >= 11 is 1.58. The van der Waals surface area contributed by atoms with Crippen LogP contribution in [0.3, 0.4) is 0 Å². The molecular formula is C19H31N3O3S. The van der Waals surface area contributed by atoms with E-state index in [0.29, 0.717) is 13.2 Å². The monoisotopic (exact) mass is 381 g/mol. The molecule has 1 atom stereocenters. The molecule has 0 N–H and O–H groups in total. The number of carbonyl (C=O) groups is 1. The van der Waals surface area contributed by atoms with E-state index in [1.165, 1.54) is 6.42 Å². The second-order valence-electron chi connectivity index (χ2n) is 7.53. The number of likely N-dealkylation sites (tertiary alicyclic amines) is 1. The van der Waals surface area contributed by atoms with Crippen LogP contribution in [-0.2, 0) is 16.1 Å². The number of aromatic nitrogens is 2. The van der Waals surface area contributed by atoms with Crippen molar-refractivity contribution in [3.63, 3.8) is 0 Å². The highest BCUT2D eigenvalue weighted by Crippen LogP contribution is 2.23. The largest absolute Gasteiger partial charge is 0.444 e. The van der Waals surface area contributed by atoms with Crippen molar-refractivity contribution in [2.45, 2.75) is 76.2 Å². The Labute approximate surface area is 161 Å². The van der Waals surface area contributed by atoms with Crippen molar-refractivity contribution in [2.75, 3.05) is 19.4 Å². The van der Waals surface area contributed by atoms with Gasteiger partial charge in [-0.05, 0) is 59.1 Å². The molecule has 0 saturated carbocycles. The van der Waals surface area contributed by atoms with E-state index in [0.717, 1.165) is 42.9 Å². The van der Waals surface area contributed by atoms with Gasteiger partial charge in [-0.3, -0.25) is 4.98 Å². The van der Waals surface area contributed by atoms with E-state index in [1.54, 1.807) is 24.2 Å². The number of thioether (sulfide) groups is 1. The highest BCUT2D eigenvalue weighted by molar-refractivity contribution is 7.98. The molecule has 2 rings (SSSR count). The number of nitrogens with zero attached hydrogens (tertiary/aromatic N) is 3. The van der Waals surface area contributed by atoms with Gasteiger partial charge in [0.1, 0.15) is 10.6 Å². The lowest BCUT2D eigenvalue weighted by Crippen LogP contribution is -2.46. The number of amides is 1. The maximum absolute atomic E-state index is 12.4. The van der Waals surface area contributed by atoms with Crippen LogP contribution in [0.15, 0.2) is 17.4 Å². The third kappa shape index (κ3) is 6.76. The summed E-state index contributed by atoms with van der Waals surface area (Å²) in [5.41, 5.74) is 0.432. The average molecular weight is 382 g/mol. The second kappa shape index (κ2) is 10.1. The van der Waals surface area contributed by atoms with Crippen LogP contribution in [-0.4, -0.2) is 52.0 Å². The van der Waals surface area contributed by atoms with Gasteiger partial charge < -0.3 is 14.4 Å². The van der Waals surface area contributed by atoms with Crippen LogP contribution in [0.5, 0.6) is 0 Å². The molecule has 1 aromatic heterocycles. The Bertz CT molecular complexity index is 577. The van der Waals surface area contributed by atoms with E-state index in [2.05, 4.69) is 9.97 Å². The van der Waals surface area contributed by atoms with Crippen molar-refractivity contribution in [1.82, 2.24) is 14.9 Å². The van der Waals surface area contributed by atoms with Crippen LogP contribution in [0.2, 0.25) is 0 Å². The first kappa shape index (κ1) is 21.0. The normalized spacial score (nSPS) is 18.0. The van der Waals surface area contributed by atoms with E-state index in [1.807, 2.05) is 31.9 Å². The molecule has 0 radical (unpaired) electrons. The number of hydrogen-bond acceptors (Lipinski definition) is 6. The molecule has 1 fully saturated rings. The van der Waals surface area contributed by atoms with Crippen LogP contribution < -0.4 is 0 Å². The SMILES string of the molecule is CSc1nccnc1COCCC[C@@H]1CCCCN1C(=O)OC(C)(C)C. The van der Waals surface area contributed by atoms with Crippen molar-refractivity contribution in [1.29, 1.82) is 0 Å². The summed E-state index contributed by atoms with van der Waals surface area (Å²) in [6.07, 6.45) is 10.3. The van der Waals surface area contributed by atoms with Gasteiger partial charge in [-0.15, -0.1) is 11.8 Å². The molecule has 26 heavy (non-hydrogen) atoms. The molecule has 7 heteroatoms. The van der Waals surface area contributed by atoms with E-state index >= 15 is 0 Å². The molecule has 1 saturated heterocycles. The van der Waals surface area contributed by atoms with E-state index in [9.17, 15) is 4.79 Å². The standard InChI is InChI=1S/C19H31N3O3S/c1-19(2,3)25-18(23)22-12-6-5-8-15(22)9-7-13-24-14-16-17(26-4)21-11-10-20-16/h10-11,15H,5-9,12-14H2,1-4H3/t15-/m0/s1. The third-order valence-corrected chi connectivity index (χ3v) is 4.98. The Morgan fingerprint density at radius 2 is 2.08 bits per heavy atom. The van der Waals surface area contributed by atoms with E-state index in [4.69, 9.17) is 9.47 Å². The Hall–Kier alpha value is -1.34. The molecule has 0 bridgehead atoms. The molecule has 146 valence electrons. The maximum Gasteiger partial charge on any atom is 0.410 e. The zero-order chi connectivity index (χ0) is 19.0. The Balaban J connectivity index is 1.75. The van der Waals surface area contributed by atoms with Gasteiger partial charge in [-0.2, -0.15) is 0 Å². The lowest BCUT2D eigenvalue weighted by atomic mass is 9.98. The fourth-order valence-electron chi connectivity index (χ4n) is 3.08. The van der Waals surface area contributed by atoms with Gasteiger partial charge in [0.2, 0.25) is 0 Å². The van der Waals surface area contributed by atoms with Crippen LogP contribution >= 0.6 is 11.8 Å². The molecule has 0 unspecified atom stereocenters. The topological polar surface area (TPSA) is 64.6 Å². The molecule has 1 amide bonds. The van der Waals surface area contributed by atoms with E-state index in [-0.39, 0.29) is 12.1 Å². The molecule has 0 aliphatic carbocycles. The molecule has 1 aliphatic rings. The zero-order valence-electron chi connectivity index (χ0n) is 16.4. The fraction of sp³-hybridized carbons (Fsp3) is 0.737. The van der Waals surface area contributed by atoms with Crippen molar-refractivity contribution in [3.05, 3.63) is 18.1 Å². The van der Waals surface area contributed by atoms with Gasteiger partial charge in [0.15, 0.2) is 0 Å². The van der Waals surface area contributed by atoms with Crippen LogP contribution in [0.25, 0.3) is 0 Å². The highest BCUT2D eigenvalue weighted by atomic mass is 32.2. The highest BCUT2D eigenvalue weighted by Gasteiger charge is 2.29. The smallest absolute Gasteiger partial charge is 0.410 e. The van der Waals surface area contributed by atoms with Gasteiger partial charge >= 0.3 is 6.09 Å². The summed E-state index contributed by atoms with van der Waals surface area (Å²) in [6, 6.07) is 0.250. The summed E-state index contributed by atoms with van der Waals surface area (Å²) in [4.78, 5) is 22.9. The molecule has 1 aromatic rings. The van der Waals surface area contributed by atoms with Crippen molar-refractivity contribution in [2.24, 2.45) is 0 Å². The minimum atomic E-state index is -0.450. The Kier molecular flexibility index (Phi) is 8.15. The lowest BCUT2D eigenvalue weighted by Gasteiger charge is -2.36. The summed E-state index contributed by atoms with van der Waals surface area (Å²) in [5, 5.41) is 0.913. The van der Waals surface area contributed by atoms with Crippen molar-refractivity contribution < 1.29 is 14.3 Å². The number of ether oxygens (including phenoxy) is 2. The van der Waals surface area contributed by atoms with Gasteiger partial charge in [-0.25, -0.2) is 9.78 Å². The number of piperidine rings is 1. The summed E-state index contributed by atoms with van der Waals surface area (Å²) in [5.74, 6) is 0. The number of hydrogen-bond donors (Lipinski definition) is 0. The quantitative estimate of drug-likeness (QED) is 0.519. The van der Waals surface area contributed by atoms with Crippen LogP contribution in [0.1, 0.15) is 58.6 Å². The first-order valence-corrected chi connectivity index (χ1v) is 10.5. The van der Waals surface area contributed by atoms with E-state index < -0.39 is 5.60 Å². The molecular weight excluding hydrogens is 350 g/mol. The number of rotatable bonds is 7. The number of carbonyl (C=O) groups excluding carboxylic acids is 1. The van der Waals surface area contributed by atoms with Crippen molar-refractivity contribution >= 4 is 17.9 Å². The van der Waals surface area contributed by atoms with Gasteiger partial charge in [0, 0.05) is 31.6 Å².